The predicted octanol–water partition coefficient (Wildman–Crippen LogP) is 4.03. The van der Waals surface area contributed by atoms with Crippen LogP contribution in [0, 0.1) is 0 Å². The lowest BCUT2D eigenvalue weighted by molar-refractivity contribution is 0.373. The summed E-state index contributed by atoms with van der Waals surface area (Å²) < 4.78 is 5.73. The molecule has 0 bridgehead atoms. The molecular formula is C15H29N3O. The van der Waals surface area contributed by atoms with E-state index in [1.54, 1.807) is 0 Å². The molecule has 1 heterocycles. The molecule has 19 heavy (non-hydrogen) atoms. The number of unbranched alkanes of at least 4 members (excludes halogenated alkanes) is 5. The second-order valence-electron chi connectivity index (χ2n) is 5.07. The highest BCUT2D eigenvalue weighted by Gasteiger charge is 2.15. The average molecular weight is 267 g/mol. The molecule has 4 heteroatoms. The summed E-state index contributed by atoms with van der Waals surface area (Å²) in [6.45, 7) is 7.39. The van der Waals surface area contributed by atoms with Crippen molar-refractivity contribution >= 4 is 0 Å². The molecule has 110 valence electrons. The summed E-state index contributed by atoms with van der Waals surface area (Å²) in [7, 11) is 0. The van der Waals surface area contributed by atoms with Crippen LogP contribution in [0.2, 0.25) is 0 Å². The lowest BCUT2D eigenvalue weighted by Crippen LogP contribution is -2.20. The minimum Gasteiger partial charge on any atom is -0.424 e. The maximum atomic E-state index is 5.73. The third-order valence-corrected chi connectivity index (χ3v) is 3.38. The molecule has 0 saturated carbocycles. The highest BCUT2D eigenvalue weighted by atomic mass is 16.4. The van der Waals surface area contributed by atoms with E-state index in [4.69, 9.17) is 4.42 Å². The maximum Gasteiger partial charge on any atom is 0.233 e. The SMILES string of the molecule is CCCCCCCCc1nnc(C(CC)NCC)o1. The van der Waals surface area contributed by atoms with Gasteiger partial charge in [0.25, 0.3) is 0 Å². The van der Waals surface area contributed by atoms with Crippen LogP contribution in [0.1, 0.15) is 83.5 Å². The predicted molar refractivity (Wildman–Crippen MR) is 78.1 cm³/mol. The van der Waals surface area contributed by atoms with Gasteiger partial charge in [-0.25, -0.2) is 0 Å². The van der Waals surface area contributed by atoms with Crippen LogP contribution in [-0.2, 0) is 6.42 Å². The Hall–Kier alpha value is -0.900. The van der Waals surface area contributed by atoms with Gasteiger partial charge in [0.2, 0.25) is 11.8 Å². The second-order valence-corrected chi connectivity index (χ2v) is 5.07. The molecule has 0 aliphatic carbocycles. The van der Waals surface area contributed by atoms with Crippen LogP contribution in [0.4, 0.5) is 0 Å². The quantitative estimate of drug-likeness (QED) is 0.615. The van der Waals surface area contributed by atoms with Crippen molar-refractivity contribution in [3.63, 3.8) is 0 Å². The second kappa shape index (κ2) is 9.96. The van der Waals surface area contributed by atoms with Gasteiger partial charge in [0, 0.05) is 6.42 Å². The Kier molecular flexibility index (Phi) is 8.47. The van der Waals surface area contributed by atoms with Crippen molar-refractivity contribution in [1.29, 1.82) is 0 Å². The van der Waals surface area contributed by atoms with Crippen LogP contribution in [0.25, 0.3) is 0 Å². The normalized spacial score (nSPS) is 12.8. The van der Waals surface area contributed by atoms with Crippen molar-refractivity contribution in [2.75, 3.05) is 6.54 Å². The summed E-state index contributed by atoms with van der Waals surface area (Å²) in [5, 5.41) is 11.7. The summed E-state index contributed by atoms with van der Waals surface area (Å²) in [6.07, 6.45) is 9.65. The first-order valence-electron chi connectivity index (χ1n) is 7.87. The van der Waals surface area contributed by atoms with Crippen LogP contribution < -0.4 is 5.32 Å². The minimum atomic E-state index is 0.204. The summed E-state index contributed by atoms with van der Waals surface area (Å²) in [6, 6.07) is 0.204. The molecule has 1 unspecified atom stereocenters. The van der Waals surface area contributed by atoms with Gasteiger partial charge in [0.1, 0.15) is 0 Å². The molecule has 0 spiro atoms. The first-order valence-corrected chi connectivity index (χ1v) is 7.87. The van der Waals surface area contributed by atoms with E-state index in [-0.39, 0.29) is 6.04 Å². The molecule has 0 aliphatic rings. The van der Waals surface area contributed by atoms with Crippen molar-refractivity contribution in [2.24, 2.45) is 0 Å². The molecule has 4 nitrogen and oxygen atoms in total. The van der Waals surface area contributed by atoms with Crippen LogP contribution in [0.3, 0.4) is 0 Å². The van der Waals surface area contributed by atoms with E-state index in [1.807, 2.05) is 0 Å². The summed E-state index contributed by atoms with van der Waals surface area (Å²) in [5.41, 5.74) is 0. The van der Waals surface area contributed by atoms with E-state index < -0.39 is 0 Å². The van der Waals surface area contributed by atoms with Crippen molar-refractivity contribution in [1.82, 2.24) is 15.5 Å². The van der Waals surface area contributed by atoms with E-state index in [0.29, 0.717) is 0 Å². The molecule has 0 aliphatic heterocycles. The van der Waals surface area contributed by atoms with Gasteiger partial charge in [0.05, 0.1) is 6.04 Å². The number of nitrogens with zero attached hydrogens (tertiary/aromatic N) is 2. The van der Waals surface area contributed by atoms with Gasteiger partial charge >= 0.3 is 0 Å². The molecule has 1 aromatic heterocycles. The highest BCUT2D eigenvalue weighted by molar-refractivity contribution is 4.89. The molecule has 1 aromatic rings. The van der Waals surface area contributed by atoms with Gasteiger partial charge in [-0.05, 0) is 19.4 Å². The highest BCUT2D eigenvalue weighted by Crippen LogP contribution is 2.16. The molecule has 0 saturated heterocycles. The average Bonchev–Trinajstić information content (AvgIpc) is 2.88. The van der Waals surface area contributed by atoms with Gasteiger partial charge < -0.3 is 9.73 Å². The summed E-state index contributed by atoms with van der Waals surface area (Å²) in [5.74, 6) is 1.53. The number of hydrogen-bond donors (Lipinski definition) is 1. The van der Waals surface area contributed by atoms with Crippen molar-refractivity contribution < 1.29 is 4.42 Å². The molecule has 0 fully saturated rings. The Labute approximate surface area is 117 Å². The molecule has 1 rings (SSSR count). The fraction of sp³-hybridized carbons (Fsp3) is 0.867. The fourth-order valence-corrected chi connectivity index (χ4v) is 2.22. The monoisotopic (exact) mass is 267 g/mol. The summed E-state index contributed by atoms with van der Waals surface area (Å²) >= 11 is 0. The van der Waals surface area contributed by atoms with E-state index in [2.05, 4.69) is 36.3 Å². The molecule has 0 aromatic carbocycles. The van der Waals surface area contributed by atoms with Crippen LogP contribution in [0.15, 0.2) is 4.42 Å². The standard InChI is InChI=1S/C15H29N3O/c1-4-7-8-9-10-11-12-14-17-18-15(19-14)13(5-2)16-6-3/h13,16H,4-12H2,1-3H3. The Balaban J connectivity index is 2.26. The Morgan fingerprint density at radius 2 is 1.74 bits per heavy atom. The smallest absolute Gasteiger partial charge is 0.233 e. The van der Waals surface area contributed by atoms with E-state index in [9.17, 15) is 0 Å². The lowest BCUT2D eigenvalue weighted by Gasteiger charge is -2.09. The van der Waals surface area contributed by atoms with Crippen molar-refractivity contribution in [2.45, 2.75) is 78.2 Å². The topological polar surface area (TPSA) is 51.0 Å². The van der Waals surface area contributed by atoms with Gasteiger partial charge in [-0.2, -0.15) is 0 Å². The third kappa shape index (κ3) is 6.19. The number of aromatic nitrogens is 2. The molecule has 0 radical (unpaired) electrons. The zero-order chi connectivity index (χ0) is 13.9. The van der Waals surface area contributed by atoms with Gasteiger partial charge in [-0.1, -0.05) is 52.9 Å². The van der Waals surface area contributed by atoms with Crippen LogP contribution in [-0.4, -0.2) is 16.7 Å². The largest absolute Gasteiger partial charge is 0.424 e. The molecular weight excluding hydrogens is 238 g/mol. The van der Waals surface area contributed by atoms with Gasteiger partial charge in [-0.15, -0.1) is 10.2 Å². The third-order valence-electron chi connectivity index (χ3n) is 3.38. The zero-order valence-electron chi connectivity index (χ0n) is 12.7. The van der Waals surface area contributed by atoms with E-state index >= 15 is 0 Å². The Morgan fingerprint density at radius 3 is 2.42 bits per heavy atom. The van der Waals surface area contributed by atoms with E-state index in [1.165, 1.54) is 32.1 Å². The van der Waals surface area contributed by atoms with Crippen LogP contribution in [0.5, 0.6) is 0 Å². The minimum absolute atomic E-state index is 0.204. The number of hydrogen-bond acceptors (Lipinski definition) is 4. The zero-order valence-corrected chi connectivity index (χ0v) is 12.7. The number of aryl methyl sites for hydroxylation is 1. The fourth-order valence-electron chi connectivity index (χ4n) is 2.22. The Bertz CT molecular complexity index is 325. The molecule has 1 N–H and O–H groups in total. The maximum absolute atomic E-state index is 5.73. The number of rotatable bonds is 11. The van der Waals surface area contributed by atoms with Crippen LogP contribution >= 0.6 is 0 Å². The van der Waals surface area contributed by atoms with Crippen molar-refractivity contribution in [3.05, 3.63) is 11.8 Å². The molecule has 0 amide bonds. The van der Waals surface area contributed by atoms with Gasteiger partial charge in [0.15, 0.2) is 0 Å². The number of nitrogens with one attached hydrogen (secondary N) is 1. The first-order chi connectivity index (χ1) is 9.31. The van der Waals surface area contributed by atoms with E-state index in [0.717, 1.165) is 37.6 Å². The van der Waals surface area contributed by atoms with Gasteiger partial charge in [-0.3, -0.25) is 0 Å². The molecule has 1 atom stereocenters. The summed E-state index contributed by atoms with van der Waals surface area (Å²) in [4.78, 5) is 0. The Morgan fingerprint density at radius 1 is 1.00 bits per heavy atom. The van der Waals surface area contributed by atoms with Crippen molar-refractivity contribution in [3.8, 4) is 0 Å². The lowest BCUT2D eigenvalue weighted by atomic mass is 10.1. The first kappa shape index (κ1) is 16.2.